The van der Waals surface area contributed by atoms with E-state index in [-0.39, 0.29) is 12.4 Å². The van der Waals surface area contributed by atoms with Crippen molar-refractivity contribution in [2.24, 2.45) is 0 Å². The van der Waals surface area contributed by atoms with Gasteiger partial charge in [-0.05, 0) is 38.5 Å². The van der Waals surface area contributed by atoms with Crippen LogP contribution in [0.2, 0.25) is 0 Å². The first-order valence-electron chi connectivity index (χ1n) is 6.69. The van der Waals surface area contributed by atoms with Crippen molar-refractivity contribution in [1.29, 1.82) is 0 Å². The Bertz CT molecular complexity index is 624. The lowest BCUT2D eigenvalue weighted by Gasteiger charge is -2.05. The first-order valence-corrected chi connectivity index (χ1v) is 6.69. The molecule has 0 unspecified atom stereocenters. The van der Waals surface area contributed by atoms with E-state index in [2.05, 4.69) is 5.10 Å². The molecule has 1 heterocycles. The molecular formula is C16H20FN3. The predicted octanol–water partition coefficient (Wildman–Crippen LogP) is 3.55. The predicted molar refractivity (Wildman–Crippen MR) is 80.2 cm³/mol. The molecule has 0 amide bonds. The van der Waals surface area contributed by atoms with Crippen LogP contribution in [0.4, 0.5) is 10.1 Å². The molecule has 0 saturated carbocycles. The average Bonchev–Trinajstić information content (AvgIpc) is 2.68. The van der Waals surface area contributed by atoms with Gasteiger partial charge in [0.15, 0.2) is 0 Å². The van der Waals surface area contributed by atoms with Crippen LogP contribution < -0.4 is 5.73 Å². The summed E-state index contributed by atoms with van der Waals surface area (Å²) in [6, 6.07) is 7.81. The van der Waals surface area contributed by atoms with Crippen LogP contribution >= 0.6 is 0 Å². The molecule has 2 N–H and O–H groups in total. The van der Waals surface area contributed by atoms with Crippen molar-refractivity contribution in [2.45, 2.75) is 33.7 Å². The lowest BCUT2D eigenvalue weighted by molar-refractivity contribution is 0.518. The number of anilines is 1. The SMILES string of the molecule is C/C=C(\F)Cn1nc(C)c(Cc2ccc(N)cc2)c1C. The fourth-order valence-corrected chi connectivity index (χ4v) is 2.22. The molecule has 0 bridgehead atoms. The highest BCUT2D eigenvalue weighted by Gasteiger charge is 2.12. The second-order valence-corrected chi connectivity index (χ2v) is 4.96. The summed E-state index contributed by atoms with van der Waals surface area (Å²) < 4.78 is 15.1. The molecule has 4 heteroatoms. The third kappa shape index (κ3) is 3.07. The molecule has 2 aromatic rings. The summed E-state index contributed by atoms with van der Waals surface area (Å²) in [5, 5.41) is 4.42. The molecule has 0 atom stereocenters. The van der Waals surface area contributed by atoms with E-state index in [0.717, 1.165) is 29.1 Å². The Morgan fingerprint density at radius 2 is 1.95 bits per heavy atom. The van der Waals surface area contributed by atoms with Gasteiger partial charge in [-0.25, -0.2) is 4.39 Å². The van der Waals surface area contributed by atoms with Gasteiger partial charge in [0.2, 0.25) is 0 Å². The van der Waals surface area contributed by atoms with E-state index < -0.39 is 0 Å². The van der Waals surface area contributed by atoms with Gasteiger partial charge >= 0.3 is 0 Å². The second kappa shape index (κ2) is 5.90. The molecule has 20 heavy (non-hydrogen) atoms. The monoisotopic (exact) mass is 273 g/mol. The lowest BCUT2D eigenvalue weighted by atomic mass is 10.0. The summed E-state index contributed by atoms with van der Waals surface area (Å²) >= 11 is 0. The van der Waals surface area contributed by atoms with Crippen LogP contribution in [0.1, 0.15) is 29.4 Å². The smallest absolute Gasteiger partial charge is 0.117 e. The Labute approximate surface area is 118 Å². The number of hydrogen-bond donors (Lipinski definition) is 1. The van der Waals surface area contributed by atoms with Crippen LogP contribution in [0.3, 0.4) is 0 Å². The molecule has 0 aliphatic heterocycles. The normalized spacial score (nSPS) is 11.9. The van der Waals surface area contributed by atoms with Crippen molar-refractivity contribution >= 4 is 5.69 Å². The third-order valence-electron chi connectivity index (χ3n) is 3.51. The highest BCUT2D eigenvalue weighted by atomic mass is 19.1. The molecule has 0 spiro atoms. The van der Waals surface area contributed by atoms with E-state index >= 15 is 0 Å². The molecule has 0 fully saturated rings. The number of aryl methyl sites for hydroxylation is 1. The number of hydrogen-bond acceptors (Lipinski definition) is 2. The van der Waals surface area contributed by atoms with Crippen LogP contribution in [0.25, 0.3) is 0 Å². The number of aromatic nitrogens is 2. The van der Waals surface area contributed by atoms with Gasteiger partial charge in [0.25, 0.3) is 0 Å². The maximum absolute atomic E-state index is 13.4. The number of nitrogens with two attached hydrogens (primary N) is 1. The Balaban J connectivity index is 2.26. The lowest BCUT2D eigenvalue weighted by Crippen LogP contribution is -2.03. The quantitative estimate of drug-likeness (QED) is 0.866. The molecule has 0 aliphatic carbocycles. The number of nitrogens with zero attached hydrogens (tertiary/aromatic N) is 2. The second-order valence-electron chi connectivity index (χ2n) is 4.96. The Kier molecular flexibility index (Phi) is 4.23. The Morgan fingerprint density at radius 3 is 2.55 bits per heavy atom. The van der Waals surface area contributed by atoms with Crippen LogP contribution in [0, 0.1) is 13.8 Å². The molecule has 1 aromatic heterocycles. The molecule has 0 saturated heterocycles. The topological polar surface area (TPSA) is 43.8 Å². The van der Waals surface area contributed by atoms with Crippen LogP contribution in [0.5, 0.6) is 0 Å². The third-order valence-corrected chi connectivity index (χ3v) is 3.51. The average molecular weight is 273 g/mol. The number of halogens is 1. The van der Waals surface area contributed by atoms with Crippen LogP contribution in [-0.2, 0) is 13.0 Å². The molecule has 0 aliphatic rings. The fraction of sp³-hybridized carbons (Fsp3) is 0.312. The zero-order chi connectivity index (χ0) is 14.7. The summed E-state index contributed by atoms with van der Waals surface area (Å²) in [6.07, 6.45) is 2.26. The summed E-state index contributed by atoms with van der Waals surface area (Å²) in [7, 11) is 0. The van der Waals surface area contributed by atoms with Crippen molar-refractivity contribution in [3.8, 4) is 0 Å². The molecule has 3 nitrogen and oxygen atoms in total. The van der Waals surface area contributed by atoms with Crippen molar-refractivity contribution < 1.29 is 4.39 Å². The minimum absolute atomic E-state index is 0.172. The molecule has 1 aromatic carbocycles. The number of rotatable bonds is 4. The van der Waals surface area contributed by atoms with Crippen molar-refractivity contribution in [1.82, 2.24) is 9.78 Å². The Morgan fingerprint density at radius 1 is 1.30 bits per heavy atom. The van der Waals surface area contributed by atoms with E-state index in [0.29, 0.717) is 0 Å². The standard InChI is InChI=1S/C16H20FN3/c1-4-14(17)10-20-12(3)16(11(2)19-20)9-13-5-7-15(18)8-6-13/h4-8H,9-10,18H2,1-3H3/b14-4-. The van der Waals surface area contributed by atoms with Gasteiger partial charge in [-0.3, -0.25) is 4.68 Å². The maximum Gasteiger partial charge on any atom is 0.117 e. The van der Waals surface area contributed by atoms with Crippen molar-refractivity contribution in [3.63, 3.8) is 0 Å². The zero-order valence-electron chi connectivity index (χ0n) is 12.2. The summed E-state index contributed by atoms with van der Waals surface area (Å²) in [6.45, 7) is 5.83. The number of allylic oxidation sites excluding steroid dienone is 2. The van der Waals surface area contributed by atoms with E-state index in [9.17, 15) is 4.39 Å². The number of benzene rings is 1. The van der Waals surface area contributed by atoms with Crippen molar-refractivity contribution in [2.75, 3.05) is 5.73 Å². The summed E-state index contributed by atoms with van der Waals surface area (Å²) in [4.78, 5) is 0. The largest absolute Gasteiger partial charge is 0.399 e. The highest BCUT2D eigenvalue weighted by Crippen LogP contribution is 2.19. The van der Waals surface area contributed by atoms with Crippen LogP contribution in [-0.4, -0.2) is 9.78 Å². The van der Waals surface area contributed by atoms with Gasteiger partial charge in [-0.1, -0.05) is 18.2 Å². The van der Waals surface area contributed by atoms with E-state index in [1.165, 1.54) is 11.6 Å². The molecule has 0 radical (unpaired) electrons. The first-order chi connectivity index (χ1) is 9.51. The summed E-state index contributed by atoms with van der Waals surface area (Å²) in [5.74, 6) is -0.172. The van der Waals surface area contributed by atoms with Gasteiger partial charge < -0.3 is 5.73 Å². The summed E-state index contributed by atoms with van der Waals surface area (Å²) in [5.41, 5.74) is 10.7. The minimum atomic E-state index is -0.172. The first kappa shape index (κ1) is 14.3. The van der Waals surface area contributed by atoms with Gasteiger partial charge in [0, 0.05) is 23.4 Å². The van der Waals surface area contributed by atoms with E-state index in [1.54, 1.807) is 11.6 Å². The molecule has 106 valence electrons. The van der Waals surface area contributed by atoms with E-state index in [4.69, 9.17) is 5.73 Å². The minimum Gasteiger partial charge on any atom is -0.399 e. The molecule has 2 rings (SSSR count). The zero-order valence-corrected chi connectivity index (χ0v) is 12.2. The maximum atomic E-state index is 13.4. The Hall–Kier alpha value is -2.10. The van der Waals surface area contributed by atoms with Crippen LogP contribution in [0.15, 0.2) is 36.2 Å². The fourth-order valence-electron chi connectivity index (χ4n) is 2.22. The van der Waals surface area contributed by atoms with Gasteiger partial charge in [-0.15, -0.1) is 0 Å². The van der Waals surface area contributed by atoms with Crippen molar-refractivity contribution in [3.05, 3.63) is 58.7 Å². The van der Waals surface area contributed by atoms with Gasteiger partial charge in [0.05, 0.1) is 12.2 Å². The highest BCUT2D eigenvalue weighted by molar-refractivity contribution is 5.41. The molecular weight excluding hydrogens is 253 g/mol. The van der Waals surface area contributed by atoms with Gasteiger partial charge in [0.1, 0.15) is 5.83 Å². The van der Waals surface area contributed by atoms with E-state index in [1.807, 2.05) is 38.1 Å². The number of nitrogen functional groups attached to an aromatic ring is 1. The van der Waals surface area contributed by atoms with Gasteiger partial charge in [-0.2, -0.15) is 5.10 Å².